The van der Waals surface area contributed by atoms with Crippen molar-refractivity contribution in [3.8, 4) is 5.75 Å². The third-order valence-electron chi connectivity index (χ3n) is 3.25. The minimum Gasteiger partial charge on any atom is -0.496 e. The van der Waals surface area contributed by atoms with Crippen molar-refractivity contribution in [1.82, 2.24) is 4.57 Å². The molecule has 0 radical (unpaired) electrons. The number of carbonyl (C=O) groups is 2. The average molecular weight is 289 g/mol. The maximum atomic E-state index is 12.0. The molecule has 5 heteroatoms. The molecule has 0 atom stereocenters. The Morgan fingerprint density at radius 1 is 1.19 bits per heavy atom. The van der Waals surface area contributed by atoms with E-state index in [0.717, 1.165) is 16.7 Å². The van der Waals surface area contributed by atoms with E-state index in [9.17, 15) is 9.59 Å². The van der Waals surface area contributed by atoms with E-state index < -0.39 is 0 Å². The van der Waals surface area contributed by atoms with Gasteiger partial charge in [-0.2, -0.15) is 0 Å². The number of hydrogen-bond acceptors (Lipinski definition) is 4. The highest BCUT2D eigenvalue weighted by Gasteiger charge is 2.11. The fraction of sp³-hybridized carbons (Fsp3) is 0.375. The van der Waals surface area contributed by atoms with Crippen LogP contribution in [0.4, 0.5) is 0 Å². The highest BCUT2D eigenvalue weighted by molar-refractivity contribution is 5.89. The van der Waals surface area contributed by atoms with Crippen molar-refractivity contribution in [3.05, 3.63) is 30.5 Å². The molecule has 1 heterocycles. The van der Waals surface area contributed by atoms with Crippen molar-refractivity contribution in [2.24, 2.45) is 0 Å². The number of rotatable bonds is 7. The van der Waals surface area contributed by atoms with Crippen molar-refractivity contribution in [2.45, 2.75) is 26.3 Å². The quantitative estimate of drug-likeness (QED) is 0.735. The second-order valence-corrected chi connectivity index (χ2v) is 4.68. The van der Waals surface area contributed by atoms with Crippen LogP contribution < -0.4 is 4.74 Å². The first-order chi connectivity index (χ1) is 10.2. The number of ketones is 1. The zero-order valence-corrected chi connectivity index (χ0v) is 12.3. The minimum absolute atomic E-state index is 0.00312. The Kier molecular flexibility index (Phi) is 4.98. The van der Waals surface area contributed by atoms with Gasteiger partial charge in [0.05, 0.1) is 32.2 Å². The van der Waals surface area contributed by atoms with Crippen molar-refractivity contribution >= 4 is 22.7 Å². The van der Waals surface area contributed by atoms with Crippen LogP contribution in [-0.2, 0) is 20.9 Å². The van der Waals surface area contributed by atoms with Crippen LogP contribution >= 0.6 is 0 Å². The van der Waals surface area contributed by atoms with E-state index in [2.05, 4.69) is 0 Å². The van der Waals surface area contributed by atoms with Gasteiger partial charge in [0.1, 0.15) is 5.75 Å². The number of benzene rings is 1. The van der Waals surface area contributed by atoms with Crippen LogP contribution in [0.25, 0.3) is 10.9 Å². The number of Topliss-reactive ketones (excluding diaryl/α,β-unsaturated/α-hetero) is 1. The van der Waals surface area contributed by atoms with E-state index in [-0.39, 0.29) is 31.1 Å². The number of fused-ring (bicyclic) bond motifs is 1. The zero-order chi connectivity index (χ0) is 15.2. The van der Waals surface area contributed by atoms with Crippen LogP contribution in [0, 0.1) is 0 Å². The van der Waals surface area contributed by atoms with E-state index in [4.69, 9.17) is 9.47 Å². The molecule has 2 aromatic rings. The van der Waals surface area contributed by atoms with Gasteiger partial charge in [0.25, 0.3) is 0 Å². The lowest BCUT2D eigenvalue weighted by atomic mass is 10.2. The number of hydrogen-bond donors (Lipinski definition) is 0. The fourth-order valence-electron chi connectivity index (χ4n) is 2.25. The summed E-state index contributed by atoms with van der Waals surface area (Å²) < 4.78 is 12.0. The standard InChI is InChI=1S/C16H19NO4/c1-3-21-16(19)8-7-12(18)11-17-10-9-13-14(17)5-4-6-15(13)20-2/h4-6,9-10H,3,7-8,11H2,1-2H3. The second-order valence-electron chi connectivity index (χ2n) is 4.68. The molecule has 112 valence electrons. The lowest BCUT2D eigenvalue weighted by Gasteiger charge is -2.06. The van der Waals surface area contributed by atoms with Crippen molar-refractivity contribution in [1.29, 1.82) is 0 Å². The molecule has 1 aromatic heterocycles. The van der Waals surface area contributed by atoms with Gasteiger partial charge in [-0.05, 0) is 25.1 Å². The number of aromatic nitrogens is 1. The molecule has 0 amide bonds. The van der Waals surface area contributed by atoms with Gasteiger partial charge in [-0.25, -0.2) is 0 Å². The van der Waals surface area contributed by atoms with Crippen LogP contribution in [0.1, 0.15) is 19.8 Å². The van der Waals surface area contributed by atoms with Gasteiger partial charge in [0.2, 0.25) is 0 Å². The van der Waals surface area contributed by atoms with Crippen LogP contribution in [0.3, 0.4) is 0 Å². The van der Waals surface area contributed by atoms with Gasteiger partial charge >= 0.3 is 5.97 Å². The van der Waals surface area contributed by atoms with Gasteiger partial charge in [0, 0.05) is 18.0 Å². The summed E-state index contributed by atoms with van der Waals surface area (Å²) in [6.45, 7) is 2.34. The van der Waals surface area contributed by atoms with Crippen LogP contribution in [0.15, 0.2) is 30.5 Å². The Morgan fingerprint density at radius 2 is 2.00 bits per heavy atom. The first-order valence-electron chi connectivity index (χ1n) is 6.95. The third-order valence-corrected chi connectivity index (χ3v) is 3.25. The van der Waals surface area contributed by atoms with E-state index in [0.29, 0.717) is 6.61 Å². The fourth-order valence-corrected chi connectivity index (χ4v) is 2.25. The van der Waals surface area contributed by atoms with Gasteiger partial charge in [0.15, 0.2) is 5.78 Å². The molecule has 0 saturated carbocycles. The summed E-state index contributed by atoms with van der Waals surface area (Å²) in [4.78, 5) is 23.2. The first-order valence-corrected chi connectivity index (χ1v) is 6.95. The molecular weight excluding hydrogens is 270 g/mol. The monoisotopic (exact) mass is 289 g/mol. The van der Waals surface area contributed by atoms with E-state index in [1.807, 2.05) is 35.0 Å². The van der Waals surface area contributed by atoms with E-state index in [1.165, 1.54) is 0 Å². The molecule has 5 nitrogen and oxygen atoms in total. The molecule has 0 aliphatic rings. The van der Waals surface area contributed by atoms with Crippen molar-refractivity contribution in [3.63, 3.8) is 0 Å². The Balaban J connectivity index is 2.03. The summed E-state index contributed by atoms with van der Waals surface area (Å²) in [5.41, 5.74) is 0.943. The van der Waals surface area contributed by atoms with Gasteiger partial charge < -0.3 is 14.0 Å². The molecular formula is C16H19NO4. The molecule has 0 aliphatic heterocycles. The van der Waals surface area contributed by atoms with Crippen LogP contribution in [-0.4, -0.2) is 30.0 Å². The van der Waals surface area contributed by atoms with Crippen molar-refractivity contribution in [2.75, 3.05) is 13.7 Å². The molecule has 2 rings (SSSR count). The molecule has 1 aromatic carbocycles. The number of carbonyl (C=O) groups excluding carboxylic acids is 2. The smallest absolute Gasteiger partial charge is 0.306 e. The van der Waals surface area contributed by atoms with E-state index in [1.54, 1.807) is 14.0 Å². The maximum Gasteiger partial charge on any atom is 0.306 e. The number of methoxy groups -OCH3 is 1. The molecule has 0 aliphatic carbocycles. The molecule has 0 bridgehead atoms. The molecule has 21 heavy (non-hydrogen) atoms. The average Bonchev–Trinajstić information content (AvgIpc) is 2.88. The molecule has 0 N–H and O–H groups in total. The molecule has 0 spiro atoms. The topological polar surface area (TPSA) is 57.5 Å². The Labute approximate surface area is 123 Å². The molecule has 0 unspecified atom stereocenters. The Bertz CT molecular complexity index is 645. The third kappa shape index (κ3) is 3.62. The van der Waals surface area contributed by atoms with Crippen molar-refractivity contribution < 1.29 is 19.1 Å². The minimum atomic E-state index is -0.329. The highest BCUT2D eigenvalue weighted by atomic mass is 16.5. The second kappa shape index (κ2) is 6.92. The summed E-state index contributed by atoms with van der Waals surface area (Å²) in [6, 6.07) is 7.64. The lowest BCUT2D eigenvalue weighted by molar-refractivity contribution is -0.144. The van der Waals surface area contributed by atoms with Crippen LogP contribution in [0.2, 0.25) is 0 Å². The highest BCUT2D eigenvalue weighted by Crippen LogP contribution is 2.26. The SMILES string of the molecule is CCOC(=O)CCC(=O)Cn1ccc2c(OC)cccc21. The number of esters is 1. The van der Waals surface area contributed by atoms with Gasteiger partial charge in [-0.3, -0.25) is 9.59 Å². The normalized spacial score (nSPS) is 10.6. The van der Waals surface area contributed by atoms with Gasteiger partial charge in [-0.1, -0.05) is 6.07 Å². The molecule has 0 saturated heterocycles. The van der Waals surface area contributed by atoms with Crippen LogP contribution in [0.5, 0.6) is 5.75 Å². The first kappa shape index (κ1) is 15.1. The Hall–Kier alpha value is -2.30. The largest absolute Gasteiger partial charge is 0.496 e. The predicted octanol–water partition coefficient (Wildman–Crippen LogP) is 2.56. The molecule has 0 fully saturated rings. The van der Waals surface area contributed by atoms with E-state index >= 15 is 0 Å². The van der Waals surface area contributed by atoms with Gasteiger partial charge in [-0.15, -0.1) is 0 Å². The summed E-state index contributed by atoms with van der Waals surface area (Å²) in [6.07, 6.45) is 2.19. The Morgan fingerprint density at radius 3 is 2.71 bits per heavy atom. The summed E-state index contributed by atoms with van der Waals surface area (Å²) in [5.74, 6) is 0.457. The predicted molar refractivity (Wildman–Crippen MR) is 79.4 cm³/mol. The lowest BCUT2D eigenvalue weighted by Crippen LogP contribution is -2.12. The zero-order valence-electron chi connectivity index (χ0n) is 12.3. The maximum absolute atomic E-state index is 12.0. The summed E-state index contributed by atoms with van der Waals surface area (Å²) in [7, 11) is 1.62. The number of nitrogens with zero attached hydrogens (tertiary/aromatic N) is 1. The summed E-state index contributed by atoms with van der Waals surface area (Å²) >= 11 is 0. The number of ether oxygens (including phenoxy) is 2. The summed E-state index contributed by atoms with van der Waals surface area (Å²) in [5, 5.41) is 0.971.